The molecular formula is C10H17N5. The van der Waals surface area contributed by atoms with Gasteiger partial charge in [-0.25, -0.2) is 4.98 Å². The number of nitrogens with two attached hydrogens (primary N) is 2. The molecular weight excluding hydrogens is 190 g/mol. The normalized spacial score (nSPS) is 17.9. The maximum absolute atomic E-state index is 5.77. The third-order valence-corrected chi connectivity index (χ3v) is 2.84. The fourth-order valence-electron chi connectivity index (χ4n) is 1.96. The van der Waals surface area contributed by atoms with Crippen molar-refractivity contribution in [2.45, 2.75) is 19.3 Å². The average molecular weight is 207 g/mol. The third kappa shape index (κ3) is 2.56. The highest BCUT2D eigenvalue weighted by molar-refractivity contribution is 5.40. The molecule has 82 valence electrons. The SMILES string of the molecule is Nc1cnc(CC2CCNCC2)c(N)n1. The van der Waals surface area contributed by atoms with Gasteiger partial charge in [-0.2, -0.15) is 0 Å². The molecule has 2 heterocycles. The van der Waals surface area contributed by atoms with Crippen LogP contribution in [0.25, 0.3) is 0 Å². The second-order valence-corrected chi connectivity index (χ2v) is 4.02. The van der Waals surface area contributed by atoms with E-state index in [-0.39, 0.29) is 0 Å². The van der Waals surface area contributed by atoms with E-state index in [1.165, 1.54) is 12.8 Å². The second kappa shape index (κ2) is 4.44. The molecule has 0 aromatic carbocycles. The number of hydrogen-bond acceptors (Lipinski definition) is 5. The van der Waals surface area contributed by atoms with Crippen LogP contribution in [0.2, 0.25) is 0 Å². The van der Waals surface area contributed by atoms with Crippen molar-refractivity contribution in [3.05, 3.63) is 11.9 Å². The van der Waals surface area contributed by atoms with Gasteiger partial charge in [-0.1, -0.05) is 0 Å². The van der Waals surface area contributed by atoms with E-state index in [2.05, 4.69) is 15.3 Å². The lowest BCUT2D eigenvalue weighted by atomic mass is 9.93. The van der Waals surface area contributed by atoms with E-state index >= 15 is 0 Å². The Hall–Kier alpha value is -1.36. The van der Waals surface area contributed by atoms with Crippen LogP contribution in [0.15, 0.2) is 6.20 Å². The Morgan fingerprint density at radius 3 is 2.73 bits per heavy atom. The van der Waals surface area contributed by atoms with E-state index in [1.807, 2.05) is 0 Å². The van der Waals surface area contributed by atoms with Gasteiger partial charge in [0.2, 0.25) is 0 Å². The Morgan fingerprint density at radius 2 is 2.07 bits per heavy atom. The van der Waals surface area contributed by atoms with E-state index < -0.39 is 0 Å². The number of aromatic nitrogens is 2. The molecule has 1 aromatic heterocycles. The molecule has 0 spiro atoms. The predicted molar refractivity (Wildman–Crippen MR) is 60.2 cm³/mol. The van der Waals surface area contributed by atoms with Gasteiger partial charge in [0, 0.05) is 0 Å². The zero-order valence-electron chi connectivity index (χ0n) is 8.74. The molecule has 1 aromatic rings. The average Bonchev–Trinajstić information content (AvgIpc) is 2.24. The Labute approximate surface area is 89.3 Å². The van der Waals surface area contributed by atoms with Gasteiger partial charge in [-0.3, -0.25) is 4.98 Å². The predicted octanol–water partition coefficient (Wildman–Crippen LogP) is 0.183. The summed E-state index contributed by atoms with van der Waals surface area (Å²) in [6, 6.07) is 0. The van der Waals surface area contributed by atoms with Crippen molar-refractivity contribution < 1.29 is 0 Å². The van der Waals surface area contributed by atoms with Gasteiger partial charge in [0.25, 0.3) is 0 Å². The highest BCUT2D eigenvalue weighted by atomic mass is 15.0. The Bertz CT molecular complexity index is 333. The van der Waals surface area contributed by atoms with Gasteiger partial charge >= 0.3 is 0 Å². The van der Waals surface area contributed by atoms with Gasteiger partial charge < -0.3 is 16.8 Å². The molecule has 1 fully saturated rings. The highest BCUT2D eigenvalue weighted by Crippen LogP contribution is 2.19. The minimum Gasteiger partial charge on any atom is -0.382 e. The molecule has 5 heteroatoms. The summed E-state index contributed by atoms with van der Waals surface area (Å²) in [4.78, 5) is 8.26. The van der Waals surface area contributed by atoms with Crippen molar-refractivity contribution in [1.82, 2.24) is 15.3 Å². The number of nitrogens with one attached hydrogen (secondary N) is 1. The van der Waals surface area contributed by atoms with Crippen molar-refractivity contribution in [3.63, 3.8) is 0 Å². The number of nitrogens with zero attached hydrogens (tertiary/aromatic N) is 2. The van der Waals surface area contributed by atoms with Gasteiger partial charge in [0.05, 0.1) is 11.9 Å². The van der Waals surface area contributed by atoms with Crippen LogP contribution in [0.1, 0.15) is 18.5 Å². The molecule has 1 saturated heterocycles. The molecule has 0 atom stereocenters. The van der Waals surface area contributed by atoms with E-state index in [1.54, 1.807) is 6.20 Å². The lowest BCUT2D eigenvalue weighted by molar-refractivity contribution is 0.370. The van der Waals surface area contributed by atoms with Crippen molar-refractivity contribution in [1.29, 1.82) is 0 Å². The number of rotatable bonds is 2. The Balaban J connectivity index is 2.03. The van der Waals surface area contributed by atoms with Crippen LogP contribution in [-0.2, 0) is 6.42 Å². The van der Waals surface area contributed by atoms with Crippen molar-refractivity contribution in [2.75, 3.05) is 24.6 Å². The molecule has 0 radical (unpaired) electrons. The lowest BCUT2D eigenvalue weighted by Gasteiger charge is -2.22. The maximum atomic E-state index is 5.77. The first-order valence-electron chi connectivity index (χ1n) is 5.33. The van der Waals surface area contributed by atoms with Crippen LogP contribution in [0.3, 0.4) is 0 Å². The Morgan fingerprint density at radius 1 is 1.33 bits per heavy atom. The molecule has 0 aliphatic carbocycles. The molecule has 1 aliphatic rings. The standard InChI is InChI=1S/C10H17N5/c11-9-6-14-8(10(12)15-9)5-7-1-3-13-4-2-7/h6-7,13H,1-5H2,(H4,11,12,15). The van der Waals surface area contributed by atoms with Gasteiger partial charge in [-0.15, -0.1) is 0 Å². The molecule has 2 rings (SSSR count). The number of piperidine rings is 1. The molecule has 0 saturated carbocycles. The summed E-state index contributed by atoms with van der Waals surface area (Å²) >= 11 is 0. The van der Waals surface area contributed by atoms with Crippen LogP contribution < -0.4 is 16.8 Å². The van der Waals surface area contributed by atoms with E-state index in [0.29, 0.717) is 17.6 Å². The van der Waals surface area contributed by atoms with Crippen LogP contribution in [-0.4, -0.2) is 23.1 Å². The van der Waals surface area contributed by atoms with E-state index in [4.69, 9.17) is 11.5 Å². The fraction of sp³-hybridized carbons (Fsp3) is 0.600. The Kier molecular flexibility index (Phi) is 3.01. The monoisotopic (exact) mass is 207 g/mol. The summed E-state index contributed by atoms with van der Waals surface area (Å²) in [7, 11) is 0. The quantitative estimate of drug-likeness (QED) is 0.643. The topological polar surface area (TPSA) is 89.8 Å². The number of anilines is 2. The molecule has 0 amide bonds. The first-order chi connectivity index (χ1) is 7.25. The zero-order valence-corrected chi connectivity index (χ0v) is 8.74. The second-order valence-electron chi connectivity index (χ2n) is 4.02. The summed E-state index contributed by atoms with van der Waals surface area (Å²) in [5.74, 6) is 1.54. The maximum Gasteiger partial charge on any atom is 0.147 e. The summed E-state index contributed by atoms with van der Waals surface area (Å²) in [6.45, 7) is 2.18. The van der Waals surface area contributed by atoms with Gasteiger partial charge in [-0.05, 0) is 38.3 Å². The van der Waals surface area contributed by atoms with Crippen LogP contribution in [0, 0.1) is 5.92 Å². The van der Waals surface area contributed by atoms with Gasteiger partial charge in [0.15, 0.2) is 0 Å². The first-order valence-corrected chi connectivity index (χ1v) is 5.33. The fourth-order valence-corrected chi connectivity index (χ4v) is 1.96. The first kappa shape index (κ1) is 10.2. The number of hydrogen-bond donors (Lipinski definition) is 3. The minimum atomic E-state index is 0.390. The van der Waals surface area contributed by atoms with Crippen LogP contribution >= 0.6 is 0 Å². The van der Waals surface area contributed by atoms with E-state index in [0.717, 1.165) is 25.2 Å². The smallest absolute Gasteiger partial charge is 0.147 e. The summed E-state index contributed by atoms with van der Waals surface area (Å²) in [5, 5.41) is 3.34. The van der Waals surface area contributed by atoms with Crippen LogP contribution in [0.5, 0.6) is 0 Å². The molecule has 5 nitrogen and oxygen atoms in total. The third-order valence-electron chi connectivity index (χ3n) is 2.84. The molecule has 0 unspecified atom stereocenters. The summed E-state index contributed by atoms with van der Waals surface area (Å²) < 4.78 is 0. The zero-order chi connectivity index (χ0) is 10.7. The van der Waals surface area contributed by atoms with E-state index in [9.17, 15) is 0 Å². The molecule has 1 aliphatic heterocycles. The van der Waals surface area contributed by atoms with Crippen LogP contribution in [0.4, 0.5) is 11.6 Å². The summed E-state index contributed by atoms with van der Waals surface area (Å²) in [6.07, 6.45) is 4.87. The minimum absolute atomic E-state index is 0.390. The van der Waals surface area contributed by atoms with Crippen molar-refractivity contribution in [2.24, 2.45) is 5.92 Å². The van der Waals surface area contributed by atoms with Crippen molar-refractivity contribution >= 4 is 11.6 Å². The molecule has 5 N–H and O–H groups in total. The summed E-state index contributed by atoms with van der Waals surface area (Å²) in [5.41, 5.74) is 12.2. The molecule has 15 heavy (non-hydrogen) atoms. The largest absolute Gasteiger partial charge is 0.382 e. The van der Waals surface area contributed by atoms with Gasteiger partial charge in [0.1, 0.15) is 11.6 Å². The number of nitrogen functional groups attached to an aromatic ring is 2. The van der Waals surface area contributed by atoms with Crippen molar-refractivity contribution in [3.8, 4) is 0 Å². The highest BCUT2D eigenvalue weighted by Gasteiger charge is 2.15. The lowest BCUT2D eigenvalue weighted by Crippen LogP contribution is -2.29. The molecule has 0 bridgehead atoms.